The van der Waals surface area contributed by atoms with Gasteiger partial charge in [0.05, 0.1) is 6.54 Å². The number of anilines is 1. The van der Waals surface area contributed by atoms with Crippen LogP contribution in [0.4, 0.5) is 5.69 Å². The van der Waals surface area contributed by atoms with E-state index in [4.69, 9.17) is 0 Å². The Labute approximate surface area is 183 Å². The second-order valence-electron chi connectivity index (χ2n) is 8.07. The summed E-state index contributed by atoms with van der Waals surface area (Å²) >= 11 is 0. The molecule has 31 heavy (non-hydrogen) atoms. The van der Waals surface area contributed by atoms with Gasteiger partial charge in [-0.25, -0.2) is 0 Å². The molecule has 0 heterocycles. The summed E-state index contributed by atoms with van der Waals surface area (Å²) in [4.78, 5) is 26.8. The zero-order valence-electron chi connectivity index (χ0n) is 17.7. The first kappa shape index (κ1) is 20.8. The maximum absolute atomic E-state index is 12.6. The minimum Gasteiger partial charge on any atom is -0.349 e. The fourth-order valence-electron chi connectivity index (χ4n) is 3.58. The normalized spacial score (nSPS) is 13.1. The molecule has 3 aromatic carbocycles. The maximum Gasteiger partial charge on any atom is 0.251 e. The summed E-state index contributed by atoms with van der Waals surface area (Å²) in [6.07, 6.45) is 2.09. The molecule has 0 aromatic heterocycles. The van der Waals surface area contributed by atoms with Gasteiger partial charge < -0.3 is 10.6 Å². The van der Waals surface area contributed by atoms with Crippen LogP contribution in [0.25, 0.3) is 11.1 Å². The van der Waals surface area contributed by atoms with Crippen molar-refractivity contribution in [1.29, 1.82) is 0 Å². The van der Waals surface area contributed by atoms with Crippen LogP contribution in [-0.2, 0) is 11.3 Å². The predicted octanol–water partition coefficient (Wildman–Crippen LogP) is 4.32. The minimum absolute atomic E-state index is 0.0896. The van der Waals surface area contributed by atoms with Crippen molar-refractivity contribution >= 4 is 17.5 Å². The third kappa shape index (κ3) is 5.80. The number of carbonyl (C=O) groups excluding carboxylic acids is 2. The number of benzene rings is 3. The van der Waals surface area contributed by atoms with Crippen molar-refractivity contribution in [3.05, 3.63) is 90.0 Å². The highest BCUT2D eigenvalue weighted by atomic mass is 16.2. The van der Waals surface area contributed by atoms with Gasteiger partial charge in [-0.1, -0.05) is 60.7 Å². The largest absolute Gasteiger partial charge is 0.349 e. The molecule has 0 radical (unpaired) electrons. The molecule has 0 bridgehead atoms. The first-order valence-corrected chi connectivity index (χ1v) is 10.6. The van der Waals surface area contributed by atoms with Crippen LogP contribution < -0.4 is 10.6 Å². The van der Waals surface area contributed by atoms with Gasteiger partial charge in [-0.2, -0.15) is 0 Å². The van der Waals surface area contributed by atoms with Crippen LogP contribution in [0.1, 0.15) is 28.8 Å². The van der Waals surface area contributed by atoms with E-state index in [1.165, 1.54) is 11.1 Å². The first-order chi connectivity index (χ1) is 15.1. The molecule has 0 atom stereocenters. The van der Waals surface area contributed by atoms with Crippen molar-refractivity contribution in [2.45, 2.75) is 25.4 Å². The Morgan fingerprint density at radius 3 is 2.45 bits per heavy atom. The third-order valence-corrected chi connectivity index (χ3v) is 5.28. The lowest BCUT2D eigenvalue weighted by molar-refractivity contribution is -0.117. The van der Waals surface area contributed by atoms with Crippen LogP contribution in [0, 0.1) is 0 Å². The molecule has 158 valence electrons. The zero-order chi connectivity index (χ0) is 21.6. The fourth-order valence-corrected chi connectivity index (χ4v) is 3.58. The molecule has 0 unspecified atom stereocenters. The molecule has 1 fully saturated rings. The van der Waals surface area contributed by atoms with Crippen molar-refractivity contribution in [3.8, 4) is 11.1 Å². The quantitative estimate of drug-likeness (QED) is 0.578. The molecular weight excluding hydrogens is 386 g/mol. The summed E-state index contributed by atoms with van der Waals surface area (Å²) in [6, 6.07) is 25.9. The van der Waals surface area contributed by atoms with Crippen LogP contribution in [0.2, 0.25) is 0 Å². The molecule has 1 aliphatic rings. The van der Waals surface area contributed by atoms with Gasteiger partial charge in [-0.3, -0.25) is 14.5 Å². The number of nitrogens with one attached hydrogen (secondary N) is 2. The Bertz CT molecular complexity index is 1060. The molecule has 2 N–H and O–H groups in total. The van der Waals surface area contributed by atoms with Crippen molar-refractivity contribution in [3.63, 3.8) is 0 Å². The van der Waals surface area contributed by atoms with Gasteiger partial charge in [-0.05, 0) is 54.8 Å². The molecule has 1 saturated carbocycles. The lowest BCUT2D eigenvalue weighted by atomic mass is 9.99. The van der Waals surface area contributed by atoms with Gasteiger partial charge in [0, 0.05) is 23.8 Å². The van der Waals surface area contributed by atoms with Gasteiger partial charge >= 0.3 is 0 Å². The lowest BCUT2D eigenvalue weighted by Crippen LogP contribution is -2.30. The SMILES string of the molecule is CN(CC(=O)Nc1cccc(C(=O)NC2CC2)c1)Cc1ccccc1-c1ccccc1. The molecular formula is C26H27N3O2. The number of amides is 2. The molecule has 0 aliphatic heterocycles. The van der Waals surface area contributed by atoms with Crippen molar-refractivity contribution in [1.82, 2.24) is 10.2 Å². The molecule has 5 nitrogen and oxygen atoms in total. The standard InChI is InChI=1S/C26H27N3O2/c1-29(17-21-10-5-6-13-24(21)19-8-3-2-4-9-19)18-25(30)27-23-12-7-11-20(16-23)26(31)28-22-14-15-22/h2-13,16,22H,14-15,17-18H2,1H3,(H,27,30)(H,28,31). The second kappa shape index (κ2) is 9.58. The van der Waals surface area contributed by atoms with E-state index in [1.54, 1.807) is 24.3 Å². The molecule has 5 heteroatoms. The highest BCUT2D eigenvalue weighted by Crippen LogP contribution is 2.24. The van der Waals surface area contributed by atoms with Gasteiger partial charge in [-0.15, -0.1) is 0 Å². The first-order valence-electron chi connectivity index (χ1n) is 10.6. The summed E-state index contributed by atoms with van der Waals surface area (Å²) in [5.74, 6) is -0.201. The fraction of sp³-hybridized carbons (Fsp3) is 0.231. The monoisotopic (exact) mass is 413 g/mol. The topological polar surface area (TPSA) is 61.4 Å². The van der Waals surface area contributed by atoms with Crippen molar-refractivity contribution in [2.75, 3.05) is 18.9 Å². The Hall–Kier alpha value is -3.44. The predicted molar refractivity (Wildman–Crippen MR) is 124 cm³/mol. The van der Waals surface area contributed by atoms with E-state index < -0.39 is 0 Å². The van der Waals surface area contributed by atoms with E-state index in [0.29, 0.717) is 23.8 Å². The Morgan fingerprint density at radius 2 is 1.68 bits per heavy atom. The van der Waals surface area contributed by atoms with Gasteiger partial charge in [0.1, 0.15) is 0 Å². The molecule has 3 aromatic rings. The van der Waals surface area contributed by atoms with Crippen LogP contribution >= 0.6 is 0 Å². The van der Waals surface area contributed by atoms with Crippen molar-refractivity contribution < 1.29 is 9.59 Å². The summed E-state index contributed by atoms with van der Waals surface area (Å²) < 4.78 is 0. The van der Waals surface area contributed by atoms with E-state index in [-0.39, 0.29) is 18.4 Å². The van der Waals surface area contributed by atoms with E-state index in [0.717, 1.165) is 18.4 Å². The Kier molecular flexibility index (Phi) is 6.43. The Morgan fingerprint density at radius 1 is 0.935 bits per heavy atom. The minimum atomic E-state index is -0.112. The van der Waals surface area contributed by atoms with Crippen molar-refractivity contribution in [2.24, 2.45) is 0 Å². The average Bonchev–Trinajstić information content (AvgIpc) is 3.59. The highest BCUT2D eigenvalue weighted by Gasteiger charge is 2.23. The number of nitrogens with zero attached hydrogens (tertiary/aromatic N) is 1. The number of likely N-dealkylation sites (N-methyl/N-ethyl adjacent to an activating group) is 1. The molecule has 4 rings (SSSR count). The smallest absolute Gasteiger partial charge is 0.251 e. The summed E-state index contributed by atoms with van der Waals surface area (Å²) in [5.41, 5.74) is 4.70. The number of hydrogen-bond acceptors (Lipinski definition) is 3. The van der Waals surface area contributed by atoms with Gasteiger partial charge in [0.15, 0.2) is 0 Å². The number of rotatable bonds is 8. The van der Waals surface area contributed by atoms with Gasteiger partial charge in [0.2, 0.25) is 5.91 Å². The molecule has 1 aliphatic carbocycles. The molecule has 2 amide bonds. The second-order valence-corrected chi connectivity index (χ2v) is 8.07. The lowest BCUT2D eigenvalue weighted by Gasteiger charge is -2.19. The van der Waals surface area contributed by atoms with Crippen LogP contribution in [-0.4, -0.2) is 36.3 Å². The van der Waals surface area contributed by atoms with E-state index in [2.05, 4.69) is 34.9 Å². The number of hydrogen-bond donors (Lipinski definition) is 2. The van der Waals surface area contributed by atoms with E-state index >= 15 is 0 Å². The summed E-state index contributed by atoms with van der Waals surface area (Å²) in [5, 5.41) is 5.88. The molecule has 0 spiro atoms. The summed E-state index contributed by atoms with van der Waals surface area (Å²) in [7, 11) is 1.93. The third-order valence-electron chi connectivity index (χ3n) is 5.28. The highest BCUT2D eigenvalue weighted by molar-refractivity contribution is 5.97. The van der Waals surface area contributed by atoms with Crippen LogP contribution in [0.15, 0.2) is 78.9 Å². The maximum atomic E-state index is 12.6. The van der Waals surface area contributed by atoms with E-state index in [1.807, 2.05) is 42.3 Å². The van der Waals surface area contributed by atoms with Crippen LogP contribution in [0.5, 0.6) is 0 Å². The number of carbonyl (C=O) groups is 2. The van der Waals surface area contributed by atoms with Crippen LogP contribution in [0.3, 0.4) is 0 Å². The zero-order valence-corrected chi connectivity index (χ0v) is 17.7. The molecule has 0 saturated heterocycles. The average molecular weight is 414 g/mol. The summed E-state index contributed by atoms with van der Waals surface area (Å²) in [6.45, 7) is 0.907. The Balaban J connectivity index is 1.36. The van der Waals surface area contributed by atoms with Gasteiger partial charge in [0.25, 0.3) is 5.91 Å². The van der Waals surface area contributed by atoms with E-state index in [9.17, 15) is 9.59 Å².